The summed E-state index contributed by atoms with van der Waals surface area (Å²) in [5.74, 6) is 3.54. The van der Waals surface area contributed by atoms with Crippen LogP contribution in [0.25, 0.3) is 0 Å². The fourth-order valence-electron chi connectivity index (χ4n) is 4.79. The number of aliphatic hydroxyl groups is 1. The molecular weight excluding hydrogens is 540 g/mol. The lowest BCUT2D eigenvalue weighted by Gasteiger charge is -2.29. The van der Waals surface area contributed by atoms with Crippen molar-refractivity contribution >= 4 is 11.6 Å². The van der Waals surface area contributed by atoms with Crippen molar-refractivity contribution < 1.29 is 14.6 Å². The van der Waals surface area contributed by atoms with E-state index in [1.807, 2.05) is 32.3 Å². The van der Waals surface area contributed by atoms with Crippen LogP contribution in [0.5, 0.6) is 0 Å². The highest BCUT2D eigenvalue weighted by atomic mass is 16.5. The molecule has 2 aromatic heterocycles. The van der Waals surface area contributed by atoms with E-state index in [1.54, 1.807) is 0 Å². The molecule has 2 aromatic carbocycles. The number of rotatable bonds is 13. The van der Waals surface area contributed by atoms with Crippen LogP contribution in [0.15, 0.2) is 73.1 Å². The van der Waals surface area contributed by atoms with Crippen LogP contribution in [-0.4, -0.2) is 77.7 Å². The Labute approximate surface area is 255 Å². The molecule has 4 aromatic rings. The lowest BCUT2D eigenvalue weighted by Crippen LogP contribution is -2.37. The fraction of sp³-hybridized carbons (Fsp3) is 0.412. The number of benzene rings is 2. The van der Waals surface area contributed by atoms with Crippen molar-refractivity contribution in [2.75, 3.05) is 62.9 Å². The number of ether oxygens (including phenoxy) is 2. The normalized spacial score (nSPS) is 12.9. The molecule has 1 aliphatic heterocycles. The van der Waals surface area contributed by atoms with Crippen molar-refractivity contribution in [2.45, 2.75) is 39.5 Å². The van der Waals surface area contributed by atoms with Gasteiger partial charge < -0.3 is 24.8 Å². The first-order chi connectivity index (χ1) is 21.1. The second kappa shape index (κ2) is 17.9. The topological polar surface area (TPSA) is 106 Å². The highest BCUT2D eigenvalue weighted by molar-refractivity contribution is 5.47. The number of aromatic nitrogens is 4. The van der Waals surface area contributed by atoms with Crippen molar-refractivity contribution in [1.82, 2.24) is 19.9 Å². The van der Waals surface area contributed by atoms with Gasteiger partial charge in [-0.25, -0.2) is 19.9 Å². The summed E-state index contributed by atoms with van der Waals surface area (Å²) in [6, 6.07) is 21.0. The maximum atomic E-state index is 8.68. The van der Waals surface area contributed by atoms with Crippen LogP contribution in [0.4, 0.5) is 11.6 Å². The minimum absolute atomic E-state index is 0.0505. The molecule has 2 N–H and O–H groups in total. The number of hydrogen-bond donors (Lipinski definition) is 2. The Morgan fingerprint density at radius 1 is 0.767 bits per heavy atom. The van der Waals surface area contributed by atoms with Gasteiger partial charge in [0.1, 0.15) is 23.3 Å². The predicted octanol–water partition coefficient (Wildman–Crippen LogP) is 4.40. The minimum atomic E-state index is 0.0505. The first-order valence-electron chi connectivity index (χ1n) is 15.1. The molecule has 9 heteroatoms. The highest BCUT2D eigenvalue weighted by Gasteiger charge is 2.17. The molecule has 1 saturated heterocycles. The quantitative estimate of drug-likeness (QED) is 0.221. The first-order valence-corrected chi connectivity index (χ1v) is 15.1. The number of aryl methyl sites for hydroxylation is 6. The van der Waals surface area contributed by atoms with Gasteiger partial charge in [-0.2, -0.15) is 0 Å². The monoisotopic (exact) mass is 584 g/mol. The van der Waals surface area contributed by atoms with E-state index in [0.717, 1.165) is 80.8 Å². The zero-order valence-corrected chi connectivity index (χ0v) is 25.4. The van der Waals surface area contributed by atoms with E-state index in [9.17, 15) is 0 Å². The average molecular weight is 585 g/mol. The van der Waals surface area contributed by atoms with E-state index in [-0.39, 0.29) is 6.61 Å². The Bertz CT molecular complexity index is 1350. The number of morpholine rings is 1. The van der Waals surface area contributed by atoms with Gasteiger partial charge in [0.25, 0.3) is 0 Å². The van der Waals surface area contributed by atoms with Gasteiger partial charge in [-0.3, -0.25) is 0 Å². The number of nitrogens with zero attached hydrogens (tertiary/aromatic N) is 5. The number of nitrogens with one attached hydrogen (secondary N) is 1. The predicted molar refractivity (Wildman–Crippen MR) is 171 cm³/mol. The van der Waals surface area contributed by atoms with E-state index >= 15 is 0 Å². The van der Waals surface area contributed by atoms with E-state index in [4.69, 9.17) is 14.6 Å². The molecule has 0 bridgehead atoms. The van der Waals surface area contributed by atoms with E-state index in [1.165, 1.54) is 16.7 Å². The lowest BCUT2D eigenvalue weighted by molar-refractivity contribution is 0.0992. The molecule has 228 valence electrons. The average Bonchev–Trinajstić information content (AvgIpc) is 3.05. The standard InChI is InChI=1S/C17H23N3O2.C17H21N3O/c1-14-19-13-16(8-7-15-5-3-2-4-6-15)17(20-14)18-9-11-22-12-10-21;1-14-18-13-16(8-7-15-5-3-2-4-6-15)17(19-14)20-9-11-21-12-10-20/h2-6,13,21H,7-12H2,1H3,(H,18,19,20);2-6,13H,7-12H2,1H3. The van der Waals surface area contributed by atoms with Crippen molar-refractivity contribution in [3.63, 3.8) is 0 Å². The summed E-state index contributed by atoms with van der Waals surface area (Å²) in [6.45, 7) is 8.84. The van der Waals surface area contributed by atoms with Crippen molar-refractivity contribution in [3.8, 4) is 0 Å². The van der Waals surface area contributed by atoms with Gasteiger partial charge in [0.2, 0.25) is 0 Å². The maximum absolute atomic E-state index is 8.68. The Morgan fingerprint density at radius 2 is 1.35 bits per heavy atom. The summed E-state index contributed by atoms with van der Waals surface area (Å²) < 4.78 is 10.7. The summed E-state index contributed by atoms with van der Waals surface area (Å²) in [4.78, 5) is 20.1. The van der Waals surface area contributed by atoms with E-state index in [2.05, 4.69) is 84.7 Å². The van der Waals surface area contributed by atoms with Gasteiger partial charge in [-0.1, -0.05) is 60.7 Å². The second-order valence-corrected chi connectivity index (χ2v) is 10.4. The number of hydrogen-bond acceptors (Lipinski definition) is 9. The molecule has 0 unspecified atom stereocenters. The summed E-state index contributed by atoms with van der Waals surface area (Å²) >= 11 is 0. The molecule has 0 saturated carbocycles. The molecule has 0 aliphatic carbocycles. The minimum Gasteiger partial charge on any atom is -0.394 e. The van der Waals surface area contributed by atoms with Crippen LogP contribution in [0.2, 0.25) is 0 Å². The number of anilines is 2. The molecule has 1 fully saturated rings. The molecule has 1 aliphatic rings. The van der Waals surface area contributed by atoms with Gasteiger partial charge in [-0.05, 0) is 50.7 Å². The van der Waals surface area contributed by atoms with Crippen LogP contribution < -0.4 is 10.2 Å². The molecule has 0 atom stereocenters. The molecule has 9 nitrogen and oxygen atoms in total. The largest absolute Gasteiger partial charge is 0.394 e. The third kappa shape index (κ3) is 11.0. The van der Waals surface area contributed by atoms with Crippen molar-refractivity contribution in [3.05, 3.63) is 107 Å². The van der Waals surface area contributed by atoms with Gasteiger partial charge in [0, 0.05) is 43.2 Å². The van der Waals surface area contributed by atoms with Crippen LogP contribution >= 0.6 is 0 Å². The third-order valence-corrected chi connectivity index (χ3v) is 7.08. The summed E-state index contributed by atoms with van der Waals surface area (Å²) in [5, 5.41) is 12.0. The summed E-state index contributed by atoms with van der Waals surface area (Å²) in [6.07, 6.45) is 7.72. The third-order valence-electron chi connectivity index (χ3n) is 7.08. The Hall–Kier alpha value is -3.92. The summed E-state index contributed by atoms with van der Waals surface area (Å²) in [7, 11) is 0. The molecule has 0 amide bonds. The summed E-state index contributed by atoms with van der Waals surface area (Å²) in [5.41, 5.74) is 4.99. The highest BCUT2D eigenvalue weighted by Crippen LogP contribution is 2.20. The van der Waals surface area contributed by atoms with Crippen molar-refractivity contribution in [2.24, 2.45) is 0 Å². The molecule has 43 heavy (non-hydrogen) atoms. The SMILES string of the molecule is Cc1ncc(CCc2ccccc2)c(N2CCOCC2)n1.Cc1ncc(CCc2ccccc2)c(NCCOCCO)n1. The van der Waals surface area contributed by atoms with Crippen LogP contribution in [-0.2, 0) is 35.2 Å². The lowest BCUT2D eigenvalue weighted by atomic mass is 10.1. The van der Waals surface area contributed by atoms with Gasteiger partial charge in [-0.15, -0.1) is 0 Å². The zero-order chi connectivity index (χ0) is 30.1. The Morgan fingerprint density at radius 3 is 1.98 bits per heavy atom. The smallest absolute Gasteiger partial charge is 0.135 e. The Kier molecular flexibility index (Phi) is 13.3. The number of aliphatic hydroxyl groups excluding tert-OH is 1. The molecule has 5 rings (SSSR count). The zero-order valence-electron chi connectivity index (χ0n) is 25.4. The molecular formula is C34H44N6O3. The molecule has 0 radical (unpaired) electrons. The Balaban J connectivity index is 0.000000197. The first kappa shape index (κ1) is 32.0. The van der Waals surface area contributed by atoms with Crippen LogP contribution in [0, 0.1) is 13.8 Å². The van der Waals surface area contributed by atoms with E-state index in [0.29, 0.717) is 19.8 Å². The van der Waals surface area contributed by atoms with Gasteiger partial charge >= 0.3 is 0 Å². The fourth-order valence-corrected chi connectivity index (χ4v) is 4.79. The van der Waals surface area contributed by atoms with Gasteiger partial charge in [0.05, 0.1) is 33.0 Å². The van der Waals surface area contributed by atoms with Crippen molar-refractivity contribution in [1.29, 1.82) is 0 Å². The van der Waals surface area contributed by atoms with Gasteiger partial charge in [0.15, 0.2) is 0 Å². The van der Waals surface area contributed by atoms with Crippen LogP contribution in [0.3, 0.4) is 0 Å². The second-order valence-electron chi connectivity index (χ2n) is 10.4. The maximum Gasteiger partial charge on any atom is 0.135 e. The molecule has 3 heterocycles. The molecule has 0 spiro atoms. The van der Waals surface area contributed by atoms with E-state index < -0.39 is 0 Å². The van der Waals surface area contributed by atoms with Crippen LogP contribution in [0.1, 0.15) is 33.9 Å².